The standard InChI is InChI=1S/C13H17N3S/c1-10-4-5-11(17-10)8-16-9-14-7-13(16)12-3-2-6-15-12/h4-5,7,9,12,15H,2-3,6,8H2,1H3/t12-/m0/s1. The lowest BCUT2D eigenvalue weighted by molar-refractivity contribution is 0.586. The fraction of sp³-hybridized carbons (Fsp3) is 0.462. The van der Waals surface area contributed by atoms with Gasteiger partial charge in [-0.1, -0.05) is 0 Å². The van der Waals surface area contributed by atoms with Crippen molar-refractivity contribution in [2.24, 2.45) is 0 Å². The summed E-state index contributed by atoms with van der Waals surface area (Å²) in [6.45, 7) is 4.24. The molecule has 4 heteroatoms. The lowest BCUT2D eigenvalue weighted by Crippen LogP contribution is -2.16. The van der Waals surface area contributed by atoms with Gasteiger partial charge in [0.1, 0.15) is 0 Å². The number of imidazole rings is 1. The van der Waals surface area contributed by atoms with Gasteiger partial charge in [0.2, 0.25) is 0 Å². The maximum absolute atomic E-state index is 4.30. The molecular formula is C13H17N3S. The molecule has 0 amide bonds. The Morgan fingerprint density at radius 3 is 3.18 bits per heavy atom. The van der Waals surface area contributed by atoms with Crippen LogP contribution in [-0.2, 0) is 6.54 Å². The van der Waals surface area contributed by atoms with Gasteiger partial charge in [-0.2, -0.15) is 0 Å². The average molecular weight is 247 g/mol. The van der Waals surface area contributed by atoms with Gasteiger partial charge in [-0.05, 0) is 38.4 Å². The molecule has 1 N–H and O–H groups in total. The van der Waals surface area contributed by atoms with Crippen LogP contribution in [0.15, 0.2) is 24.7 Å². The number of aryl methyl sites for hydroxylation is 1. The van der Waals surface area contributed by atoms with Crippen LogP contribution in [0.4, 0.5) is 0 Å². The van der Waals surface area contributed by atoms with E-state index in [-0.39, 0.29) is 0 Å². The number of hydrogen-bond acceptors (Lipinski definition) is 3. The second kappa shape index (κ2) is 4.63. The summed E-state index contributed by atoms with van der Waals surface area (Å²) in [7, 11) is 0. The van der Waals surface area contributed by atoms with Crippen LogP contribution in [0.1, 0.15) is 34.3 Å². The first-order valence-corrected chi connectivity index (χ1v) is 6.93. The van der Waals surface area contributed by atoms with E-state index in [4.69, 9.17) is 0 Å². The summed E-state index contributed by atoms with van der Waals surface area (Å²) in [4.78, 5) is 7.08. The van der Waals surface area contributed by atoms with E-state index in [0.717, 1.165) is 13.1 Å². The monoisotopic (exact) mass is 247 g/mol. The zero-order valence-electron chi connectivity index (χ0n) is 10.0. The Morgan fingerprint density at radius 1 is 1.53 bits per heavy atom. The van der Waals surface area contributed by atoms with Gasteiger partial charge in [-0.3, -0.25) is 0 Å². The van der Waals surface area contributed by atoms with Crippen molar-refractivity contribution >= 4 is 11.3 Å². The molecule has 0 radical (unpaired) electrons. The minimum absolute atomic E-state index is 0.499. The van der Waals surface area contributed by atoms with Crippen molar-refractivity contribution in [2.45, 2.75) is 32.4 Å². The smallest absolute Gasteiger partial charge is 0.0952 e. The highest BCUT2D eigenvalue weighted by Gasteiger charge is 2.19. The third kappa shape index (κ3) is 2.28. The molecule has 0 aromatic carbocycles. The van der Waals surface area contributed by atoms with Crippen molar-refractivity contribution in [3.05, 3.63) is 40.1 Å². The van der Waals surface area contributed by atoms with Crippen molar-refractivity contribution in [2.75, 3.05) is 6.54 Å². The van der Waals surface area contributed by atoms with Crippen LogP contribution in [0.5, 0.6) is 0 Å². The SMILES string of the molecule is Cc1ccc(Cn2cncc2[C@@H]2CCCN2)s1. The zero-order chi connectivity index (χ0) is 11.7. The molecule has 17 heavy (non-hydrogen) atoms. The normalized spacial score (nSPS) is 19.9. The van der Waals surface area contributed by atoms with Gasteiger partial charge in [-0.25, -0.2) is 4.98 Å². The first-order valence-electron chi connectivity index (χ1n) is 6.11. The van der Waals surface area contributed by atoms with E-state index in [0.29, 0.717) is 6.04 Å². The Morgan fingerprint density at radius 2 is 2.47 bits per heavy atom. The molecule has 1 saturated heterocycles. The maximum atomic E-state index is 4.30. The second-order valence-electron chi connectivity index (χ2n) is 4.61. The number of rotatable bonds is 3. The molecule has 0 bridgehead atoms. The lowest BCUT2D eigenvalue weighted by Gasteiger charge is -2.13. The molecule has 0 unspecified atom stereocenters. The number of hydrogen-bond donors (Lipinski definition) is 1. The maximum Gasteiger partial charge on any atom is 0.0952 e. The van der Waals surface area contributed by atoms with Crippen LogP contribution in [-0.4, -0.2) is 16.1 Å². The molecular weight excluding hydrogens is 230 g/mol. The summed E-state index contributed by atoms with van der Waals surface area (Å²) in [5.74, 6) is 0. The molecule has 90 valence electrons. The van der Waals surface area contributed by atoms with Gasteiger partial charge in [0, 0.05) is 22.0 Å². The van der Waals surface area contributed by atoms with Gasteiger partial charge in [0.15, 0.2) is 0 Å². The number of nitrogens with one attached hydrogen (secondary N) is 1. The summed E-state index contributed by atoms with van der Waals surface area (Å²) >= 11 is 1.87. The minimum Gasteiger partial charge on any atom is -0.328 e. The van der Waals surface area contributed by atoms with Crippen molar-refractivity contribution in [1.82, 2.24) is 14.9 Å². The molecule has 1 fully saturated rings. The lowest BCUT2D eigenvalue weighted by atomic mass is 10.2. The first kappa shape index (κ1) is 11.0. The Hall–Kier alpha value is -1.13. The predicted molar refractivity (Wildman–Crippen MR) is 70.4 cm³/mol. The number of nitrogens with zero attached hydrogens (tertiary/aromatic N) is 2. The first-order chi connectivity index (χ1) is 8.33. The second-order valence-corrected chi connectivity index (χ2v) is 5.98. The molecule has 2 aromatic rings. The molecule has 3 heterocycles. The van der Waals surface area contributed by atoms with Crippen LogP contribution < -0.4 is 5.32 Å². The fourth-order valence-corrected chi connectivity index (χ4v) is 3.32. The van der Waals surface area contributed by atoms with Gasteiger partial charge < -0.3 is 9.88 Å². The molecule has 1 aliphatic rings. The van der Waals surface area contributed by atoms with Crippen molar-refractivity contribution in [3.8, 4) is 0 Å². The van der Waals surface area contributed by atoms with E-state index in [1.165, 1.54) is 28.3 Å². The third-order valence-electron chi connectivity index (χ3n) is 3.28. The van der Waals surface area contributed by atoms with Crippen LogP contribution in [0.3, 0.4) is 0 Å². The molecule has 3 rings (SSSR count). The molecule has 1 atom stereocenters. The molecule has 0 saturated carbocycles. The molecule has 0 spiro atoms. The highest BCUT2D eigenvalue weighted by Crippen LogP contribution is 2.24. The minimum atomic E-state index is 0.499. The summed E-state index contributed by atoms with van der Waals surface area (Å²) in [5.41, 5.74) is 1.33. The molecule has 0 aliphatic carbocycles. The zero-order valence-corrected chi connectivity index (χ0v) is 10.8. The molecule has 2 aromatic heterocycles. The van der Waals surface area contributed by atoms with Crippen molar-refractivity contribution in [1.29, 1.82) is 0 Å². The van der Waals surface area contributed by atoms with E-state index >= 15 is 0 Å². The Kier molecular flexibility index (Phi) is 2.99. The van der Waals surface area contributed by atoms with Crippen LogP contribution in [0.2, 0.25) is 0 Å². The van der Waals surface area contributed by atoms with Gasteiger partial charge in [0.05, 0.1) is 18.6 Å². The highest BCUT2D eigenvalue weighted by molar-refractivity contribution is 7.11. The van der Waals surface area contributed by atoms with Gasteiger partial charge >= 0.3 is 0 Å². The fourth-order valence-electron chi connectivity index (χ4n) is 2.43. The molecule has 1 aliphatic heterocycles. The molecule has 3 nitrogen and oxygen atoms in total. The summed E-state index contributed by atoms with van der Waals surface area (Å²) in [6, 6.07) is 4.90. The van der Waals surface area contributed by atoms with Crippen molar-refractivity contribution < 1.29 is 0 Å². The van der Waals surface area contributed by atoms with E-state index in [1.807, 2.05) is 23.9 Å². The Bertz CT molecular complexity index is 494. The van der Waals surface area contributed by atoms with Crippen molar-refractivity contribution in [3.63, 3.8) is 0 Å². The average Bonchev–Trinajstić information content (AvgIpc) is 3.00. The van der Waals surface area contributed by atoms with E-state index in [9.17, 15) is 0 Å². The summed E-state index contributed by atoms with van der Waals surface area (Å²) < 4.78 is 2.27. The van der Waals surface area contributed by atoms with Gasteiger partial charge in [0.25, 0.3) is 0 Å². The van der Waals surface area contributed by atoms with E-state index in [1.54, 1.807) is 0 Å². The number of aromatic nitrogens is 2. The van der Waals surface area contributed by atoms with Crippen LogP contribution in [0.25, 0.3) is 0 Å². The van der Waals surface area contributed by atoms with E-state index < -0.39 is 0 Å². The summed E-state index contributed by atoms with van der Waals surface area (Å²) in [6.07, 6.45) is 6.46. The highest BCUT2D eigenvalue weighted by atomic mass is 32.1. The largest absolute Gasteiger partial charge is 0.328 e. The van der Waals surface area contributed by atoms with Gasteiger partial charge in [-0.15, -0.1) is 11.3 Å². The quantitative estimate of drug-likeness (QED) is 0.904. The predicted octanol–water partition coefficient (Wildman–Crippen LogP) is 2.73. The van der Waals surface area contributed by atoms with Crippen LogP contribution >= 0.6 is 11.3 Å². The number of thiophene rings is 1. The van der Waals surface area contributed by atoms with E-state index in [2.05, 4.69) is 33.9 Å². The Labute approximate surface area is 106 Å². The third-order valence-corrected chi connectivity index (χ3v) is 4.27. The topological polar surface area (TPSA) is 29.9 Å². The van der Waals surface area contributed by atoms with Crippen LogP contribution in [0, 0.1) is 6.92 Å². The Balaban J connectivity index is 1.81. The summed E-state index contributed by atoms with van der Waals surface area (Å²) in [5, 5.41) is 3.53.